The van der Waals surface area contributed by atoms with Gasteiger partial charge in [0.1, 0.15) is 0 Å². The molecule has 0 spiro atoms. The van der Waals surface area contributed by atoms with Gasteiger partial charge in [-0.1, -0.05) is 37.3 Å². The largest absolute Gasteiger partial charge is 0.313 e. The number of rotatable bonds is 4. The van der Waals surface area contributed by atoms with E-state index in [4.69, 9.17) is 0 Å². The lowest BCUT2D eigenvalue weighted by Crippen LogP contribution is -2.39. The van der Waals surface area contributed by atoms with Crippen molar-refractivity contribution in [1.29, 1.82) is 0 Å². The molecule has 0 aromatic heterocycles. The Morgan fingerprint density at radius 3 is 2.65 bits per heavy atom. The van der Waals surface area contributed by atoms with Crippen LogP contribution in [0, 0.1) is 11.8 Å². The maximum absolute atomic E-state index is 3.81. The molecule has 4 atom stereocenters. The summed E-state index contributed by atoms with van der Waals surface area (Å²) in [4.78, 5) is 0. The van der Waals surface area contributed by atoms with Crippen molar-refractivity contribution in [2.24, 2.45) is 11.8 Å². The van der Waals surface area contributed by atoms with Crippen LogP contribution in [0.15, 0.2) is 30.3 Å². The van der Waals surface area contributed by atoms with E-state index in [1.54, 1.807) is 5.56 Å². The Kier molecular flexibility index (Phi) is 3.19. The van der Waals surface area contributed by atoms with E-state index in [2.05, 4.69) is 42.6 Å². The Bertz CT molecular complexity index is 359. The van der Waals surface area contributed by atoms with Crippen molar-refractivity contribution in [3.63, 3.8) is 0 Å². The maximum atomic E-state index is 3.81. The summed E-state index contributed by atoms with van der Waals surface area (Å²) in [5.74, 6) is 2.66. The zero-order valence-corrected chi connectivity index (χ0v) is 10.7. The Morgan fingerprint density at radius 1 is 1.12 bits per heavy atom. The van der Waals surface area contributed by atoms with Crippen LogP contribution in [0.4, 0.5) is 0 Å². The number of nitrogens with one attached hydrogen (secondary N) is 1. The summed E-state index contributed by atoms with van der Waals surface area (Å²) in [7, 11) is 0. The number of hydrogen-bond acceptors (Lipinski definition) is 1. The molecule has 1 heteroatoms. The molecule has 1 nitrogen and oxygen atoms in total. The topological polar surface area (TPSA) is 12.0 Å². The normalized spacial score (nSPS) is 35.4. The van der Waals surface area contributed by atoms with E-state index in [9.17, 15) is 0 Å². The maximum Gasteiger partial charge on any atom is 0.0167 e. The van der Waals surface area contributed by atoms with E-state index in [1.165, 1.54) is 32.2 Å². The summed E-state index contributed by atoms with van der Waals surface area (Å²) in [6, 6.07) is 11.9. The van der Waals surface area contributed by atoms with Crippen molar-refractivity contribution < 1.29 is 0 Å². The van der Waals surface area contributed by atoms with Gasteiger partial charge in [-0.2, -0.15) is 0 Å². The molecule has 0 amide bonds. The highest BCUT2D eigenvalue weighted by molar-refractivity contribution is 5.26. The molecule has 1 N–H and O–H groups in total. The van der Waals surface area contributed by atoms with Gasteiger partial charge in [0.15, 0.2) is 0 Å². The third kappa shape index (κ3) is 2.01. The molecule has 0 aliphatic heterocycles. The van der Waals surface area contributed by atoms with Crippen LogP contribution < -0.4 is 5.32 Å². The van der Waals surface area contributed by atoms with Crippen LogP contribution in [-0.2, 0) is 0 Å². The summed E-state index contributed by atoms with van der Waals surface area (Å²) in [6.07, 6.45) is 5.61. The minimum absolute atomic E-state index is 0.746. The molecule has 4 unspecified atom stereocenters. The van der Waals surface area contributed by atoms with Crippen molar-refractivity contribution in [1.82, 2.24) is 5.32 Å². The second-order valence-corrected chi connectivity index (χ2v) is 5.75. The smallest absolute Gasteiger partial charge is 0.0167 e. The fourth-order valence-corrected chi connectivity index (χ4v) is 4.05. The molecule has 92 valence electrons. The molecule has 0 saturated heterocycles. The first-order valence-electron chi connectivity index (χ1n) is 7.18. The lowest BCUT2D eigenvalue weighted by molar-refractivity contribution is 0.311. The summed E-state index contributed by atoms with van der Waals surface area (Å²) < 4.78 is 0. The standard InChI is InChI=1S/C16H23N/c1-2-10-17-16-14-9-8-13(11-14)15(16)12-6-4-3-5-7-12/h3-7,13-17H,2,8-11H2,1H3. The van der Waals surface area contributed by atoms with Crippen molar-refractivity contribution in [2.75, 3.05) is 6.54 Å². The number of fused-ring (bicyclic) bond motifs is 2. The molecular formula is C16H23N. The first-order valence-corrected chi connectivity index (χ1v) is 7.18. The average molecular weight is 229 g/mol. The predicted molar refractivity (Wildman–Crippen MR) is 72.1 cm³/mol. The summed E-state index contributed by atoms with van der Waals surface area (Å²) in [6.45, 7) is 3.44. The van der Waals surface area contributed by atoms with Gasteiger partial charge in [-0.25, -0.2) is 0 Å². The Balaban J connectivity index is 1.81. The molecule has 2 aliphatic rings. The van der Waals surface area contributed by atoms with Crippen LogP contribution >= 0.6 is 0 Å². The second kappa shape index (κ2) is 4.81. The molecule has 1 aromatic rings. The average Bonchev–Trinajstić information content (AvgIpc) is 2.97. The highest BCUT2D eigenvalue weighted by Crippen LogP contribution is 2.52. The third-order valence-corrected chi connectivity index (χ3v) is 4.73. The molecule has 17 heavy (non-hydrogen) atoms. The van der Waals surface area contributed by atoms with Gasteiger partial charge in [-0.05, 0) is 49.6 Å². The Labute approximate surface area is 105 Å². The molecule has 2 saturated carbocycles. The van der Waals surface area contributed by atoms with E-state index in [0.29, 0.717) is 0 Å². The van der Waals surface area contributed by atoms with Crippen LogP contribution in [0.3, 0.4) is 0 Å². The molecule has 2 bridgehead atoms. The van der Waals surface area contributed by atoms with Gasteiger partial charge in [0.2, 0.25) is 0 Å². The fraction of sp³-hybridized carbons (Fsp3) is 0.625. The molecular weight excluding hydrogens is 206 g/mol. The molecule has 3 rings (SSSR count). The second-order valence-electron chi connectivity index (χ2n) is 5.75. The lowest BCUT2D eigenvalue weighted by atomic mass is 9.80. The quantitative estimate of drug-likeness (QED) is 0.832. The minimum atomic E-state index is 0.746. The zero-order chi connectivity index (χ0) is 11.7. The highest BCUT2D eigenvalue weighted by Gasteiger charge is 2.47. The summed E-state index contributed by atoms with van der Waals surface area (Å²) >= 11 is 0. The molecule has 1 aromatic carbocycles. The third-order valence-electron chi connectivity index (χ3n) is 4.73. The van der Waals surface area contributed by atoms with Gasteiger partial charge in [0.05, 0.1) is 0 Å². The van der Waals surface area contributed by atoms with Crippen LogP contribution in [0.5, 0.6) is 0 Å². The first-order chi connectivity index (χ1) is 8.40. The first kappa shape index (κ1) is 11.3. The van der Waals surface area contributed by atoms with Crippen LogP contribution in [0.25, 0.3) is 0 Å². The van der Waals surface area contributed by atoms with Crippen molar-refractivity contribution in [2.45, 2.75) is 44.6 Å². The van der Waals surface area contributed by atoms with Crippen molar-refractivity contribution in [3.8, 4) is 0 Å². The van der Waals surface area contributed by atoms with Gasteiger partial charge in [-0.15, -0.1) is 0 Å². The van der Waals surface area contributed by atoms with E-state index in [0.717, 1.165) is 23.8 Å². The fourth-order valence-electron chi connectivity index (χ4n) is 4.05. The molecule has 2 aliphatic carbocycles. The Hall–Kier alpha value is -0.820. The van der Waals surface area contributed by atoms with E-state index < -0.39 is 0 Å². The van der Waals surface area contributed by atoms with Crippen molar-refractivity contribution >= 4 is 0 Å². The Morgan fingerprint density at radius 2 is 1.88 bits per heavy atom. The van der Waals surface area contributed by atoms with E-state index in [1.807, 2.05) is 0 Å². The minimum Gasteiger partial charge on any atom is -0.313 e. The van der Waals surface area contributed by atoms with Crippen LogP contribution in [-0.4, -0.2) is 12.6 Å². The lowest BCUT2D eigenvalue weighted by Gasteiger charge is -2.32. The van der Waals surface area contributed by atoms with E-state index >= 15 is 0 Å². The molecule has 2 fully saturated rings. The predicted octanol–water partition coefficient (Wildman–Crippen LogP) is 3.57. The van der Waals surface area contributed by atoms with Crippen molar-refractivity contribution in [3.05, 3.63) is 35.9 Å². The van der Waals surface area contributed by atoms with Gasteiger partial charge >= 0.3 is 0 Å². The van der Waals surface area contributed by atoms with Gasteiger partial charge in [-0.3, -0.25) is 0 Å². The van der Waals surface area contributed by atoms with E-state index in [-0.39, 0.29) is 0 Å². The molecule has 0 radical (unpaired) electrons. The van der Waals surface area contributed by atoms with Gasteiger partial charge in [0.25, 0.3) is 0 Å². The highest BCUT2D eigenvalue weighted by atomic mass is 14.9. The molecule has 0 heterocycles. The number of hydrogen-bond donors (Lipinski definition) is 1. The van der Waals surface area contributed by atoms with Crippen LogP contribution in [0.1, 0.15) is 44.1 Å². The monoisotopic (exact) mass is 229 g/mol. The van der Waals surface area contributed by atoms with Gasteiger partial charge < -0.3 is 5.32 Å². The zero-order valence-electron chi connectivity index (χ0n) is 10.7. The van der Waals surface area contributed by atoms with Crippen LogP contribution in [0.2, 0.25) is 0 Å². The van der Waals surface area contributed by atoms with Gasteiger partial charge in [0, 0.05) is 12.0 Å². The SMILES string of the molecule is CCCNC1C2CCC(C2)C1c1ccccc1. The number of benzene rings is 1. The summed E-state index contributed by atoms with van der Waals surface area (Å²) in [5.41, 5.74) is 1.56. The summed E-state index contributed by atoms with van der Waals surface area (Å²) in [5, 5.41) is 3.81.